The third-order valence-corrected chi connectivity index (χ3v) is 5.02. The minimum atomic E-state index is -0.285. The molecule has 0 unspecified atom stereocenters. The topological polar surface area (TPSA) is 105 Å². The van der Waals surface area contributed by atoms with Crippen LogP contribution >= 0.6 is 0 Å². The molecule has 3 N–H and O–H groups in total. The highest BCUT2D eigenvalue weighted by atomic mass is 16.5. The predicted molar refractivity (Wildman–Crippen MR) is 120 cm³/mol. The number of hydrogen-bond acceptors (Lipinski definition) is 5. The van der Waals surface area contributed by atoms with Gasteiger partial charge in [0.1, 0.15) is 0 Å². The van der Waals surface area contributed by atoms with Gasteiger partial charge in [-0.15, -0.1) is 0 Å². The molecule has 0 aliphatic carbocycles. The first-order valence-electron chi connectivity index (χ1n) is 10.5. The van der Waals surface area contributed by atoms with Crippen LogP contribution < -0.4 is 16.0 Å². The highest BCUT2D eigenvalue weighted by molar-refractivity contribution is 6.02. The van der Waals surface area contributed by atoms with Crippen molar-refractivity contribution >= 4 is 17.6 Å². The smallest absolute Gasteiger partial charge is 0.291 e. The van der Waals surface area contributed by atoms with Crippen LogP contribution in [0.25, 0.3) is 0 Å². The first kappa shape index (κ1) is 22.1. The van der Waals surface area contributed by atoms with Gasteiger partial charge in [-0.2, -0.15) is 0 Å². The molecule has 0 fully saturated rings. The third kappa shape index (κ3) is 6.21. The molecule has 0 saturated heterocycles. The standard InChI is InChI=1S/C23H29N5O3/c1-4-17(5-2)20-13-19(31-28-20)15-26-23(24-3)25-14-16-8-6-9-18(12-16)27-22(29)21-10-7-11-30-21/h6-13,17H,4-5,14-15H2,1-3H3,(H,27,29)(H2,24,25,26). The van der Waals surface area contributed by atoms with Gasteiger partial charge in [0.05, 0.1) is 18.5 Å². The number of guanidine groups is 1. The summed E-state index contributed by atoms with van der Waals surface area (Å²) in [6.45, 7) is 5.35. The van der Waals surface area contributed by atoms with Gasteiger partial charge in [0.25, 0.3) is 5.91 Å². The first-order valence-corrected chi connectivity index (χ1v) is 10.5. The SMILES string of the molecule is CCC(CC)c1cc(CNC(=NC)NCc2cccc(NC(=O)c3ccco3)c2)on1. The van der Waals surface area contributed by atoms with Gasteiger partial charge in [0, 0.05) is 31.3 Å². The number of benzene rings is 1. The van der Waals surface area contributed by atoms with E-state index in [-0.39, 0.29) is 11.7 Å². The van der Waals surface area contributed by atoms with Gasteiger partial charge in [0.2, 0.25) is 0 Å². The number of hydrogen-bond donors (Lipinski definition) is 3. The number of nitrogens with one attached hydrogen (secondary N) is 3. The Morgan fingerprint density at radius 2 is 1.90 bits per heavy atom. The second kappa shape index (κ2) is 11.0. The van der Waals surface area contributed by atoms with Crippen molar-refractivity contribution < 1.29 is 13.7 Å². The van der Waals surface area contributed by atoms with Gasteiger partial charge in [-0.25, -0.2) is 0 Å². The lowest BCUT2D eigenvalue weighted by molar-refractivity contribution is 0.0996. The van der Waals surface area contributed by atoms with Crippen LogP contribution in [0.3, 0.4) is 0 Å². The Bertz CT molecular complexity index is 990. The molecule has 2 aromatic heterocycles. The van der Waals surface area contributed by atoms with E-state index in [1.54, 1.807) is 19.2 Å². The molecular weight excluding hydrogens is 394 g/mol. The molecule has 3 aromatic rings. The number of anilines is 1. The lowest BCUT2D eigenvalue weighted by Gasteiger charge is -2.12. The quantitative estimate of drug-likeness (QED) is 0.350. The Kier molecular flexibility index (Phi) is 7.86. The second-order valence-corrected chi connectivity index (χ2v) is 7.14. The van der Waals surface area contributed by atoms with Gasteiger partial charge >= 0.3 is 0 Å². The molecule has 0 spiro atoms. The summed E-state index contributed by atoms with van der Waals surface area (Å²) in [7, 11) is 1.71. The lowest BCUT2D eigenvalue weighted by Crippen LogP contribution is -2.36. The molecule has 8 heteroatoms. The summed E-state index contributed by atoms with van der Waals surface area (Å²) in [5.74, 6) is 1.83. The lowest BCUT2D eigenvalue weighted by atomic mass is 9.99. The van der Waals surface area contributed by atoms with E-state index in [0.717, 1.165) is 29.9 Å². The summed E-state index contributed by atoms with van der Waals surface area (Å²) in [5, 5.41) is 13.5. The monoisotopic (exact) mass is 423 g/mol. The number of furan rings is 1. The normalized spacial score (nSPS) is 11.5. The Labute approximate surface area is 182 Å². The summed E-state index contributed by atoms with van der Waals surface area (Å²) >= 11 is 0. The highest BCUT2D eigenvalue weighted by Crippen LogP contribution is 2.22. The van der Waals surface area contributed by atoms with Gasteiger partial charge in [-0.3, -0.25) is 9.79 Å². The van der Waals surface area contributed by atoms with Crippen molar-refractivity contribution in [1.29, 1.82) is 0 Å². The van der Waals surface area contributed by atoms with Crippen LogP contribution in [0.5, 0.6) is 0 Å². The van der Waals surface area contributed by atoms with Crippen LogP contribution in [-0.4, -0.2) is 24.1 Å². The van der Waals surface area contributed by atoms with E-state index in [2.05, 4.69) is 39.9 Å². The van der Waals surface area contributed by atoms with Crippen LogP contribution in [0.1, 0.15) is 60.2 Å². The van der Waals surface area contributed by atoms with Crippen molar-refractivity contribution in [1.82, 2.24) is 15.8 Å². The summed E-state index contributed by atoms with van der Waals surface area (Å²) in [6, 6.07) is 12.9. The van der Waals surface area contributed by atoms with Gasteiger partial charge in [0.15, 0.2) is 17.5 Å². The highest BCUT2D eigenvalue weighted by Gasteiger charge is 2.13. The number of aromatic nitrogens is 1. The molecule has 0 aliphatic heterocycles. The molecule has 1 amide bonds. The van der Waals surface area contributed by atoms with Crippen LogP contribution in [0.15, 0.2) is 62.7 Å². The van der Waals surface area contributed by atoms with E-state index in [9.17, 15) is 4.79 Å². The van der Waals surface area contributed by atoms with E-state index in [0.29, 0.717) is 30.7 Å². The average molecular weight is 424 g/mol. The van der Waals surface area contributed by atoms with Crippen LogP contribution in [0, 0.1) is 0 Å². The summed E-state index contributed by atoms with van der Waals surface area (Å²) in [5.41, 5.74) is 2.69. The maximum Gasteiger partial charge on any atom is 0.291 e. The molecular formula is C23H29N5O3. The van der Waals surface area contributed by atoms with Crippen molar-refractivity contribution in [2.45, 2.75) is 45.7 Å². The second-order valence-electron chi connectivity index (χ2n) is 7.14. The Balaban J connectivity index is 1.51. The number of rotatable bonds is 9. The first-order chi connectivity index (χ1) is 15.1. The molecule has 31 heavy (non-hydrogen) atoms. The Morgan fingerprint density at radius 3 is 2.61 bits per heavy atom. The van der Waals surface area contributed by atoms with Gasteiger partial charge in [-0.1, -0.05) is 31.1 Å². The maximum atomic E-state index is 12.1. The molecule has 0 saturated carbocycles. The average Bonchev–Trinajstić information content (AvgIpc) is 3.48. The fraction of sp³-hybridized carbons (Fsp3) is 0.348. The van der Waals surface area contributed by atoms with Crippen molar-refractivity contribution in [3.63, 3.8) is 0 Å². The van der Waals surface area contributed by atoms with E-state index in [1.165, 1.54) is 6.26 Å². The van der Waals surface area contributed by atoms with Crippen LogP contribution in [-0.2, 0) is 13.1 Å². The largest absolute Gasteiger partial charge is 0.459 e. The molecule has 0 bridgehead atoms. The number of carbonyl (C=O) groups excluding carboxylic acids is 1. The molecule has 164 valence electrons. The minimum Gasteiger partial charge on any atom is -0.459 e. The zero-order valence-electron chi connectivity index (χ0n) is 18.1. The fourth-order valence-electron chi connectivity index (χ4n) is 3.25. The van der Waals surface area contributed by atoms with E-state index >= 15 is 0 Å². The number of amides is 1. The molecule has 3 rings (SSSR count). The molecule has 1 aromatic carbocycles. The number of aliphatic imine (C=N–C) groups is 1. The number of nitrogens with zero attached hydrogens (tertiary/aromatic N) is 2. The molecule has 0 aliphatic rings. The van der Waals surface area contributed by atoms with E-state index < -0.39 is 0 Å². The van der Waals surface area contributed by atoms with Crippen molar-refractivity contribution in [2.75, 3.05) is 12.4 Å². The summed E-state index contributed by atoms with van der Waals surface area (Å²) in [6.07, 6.45) is 3.56. The van der Waals surface area contributed by atoms with Crippen LogP contribution in [0.2, 0.25) is 0 Å². The summed E-state index contributed by atoms with van der Waals surface area (Å²) < 4.78 is 10.6. The molecule has 2 heterocycles. The molecule has 0 radical (unpaired) electrons. The minimum absolute atomic E-state index is 0.271. The van der Waals surface area contributed by atoms with Crippen molar-refractivity contribution in [3.05, 3.63) is 71.5 Å². The van der Waals surface area contributed by atoms with E-state index in [4.69, 9.17) is 8.94 Å². The van der Waals surface area contributed by atoms with Crippen molar-refractivity contribution in [2.24, 2.45) is 4.99 Å². The molecule has 8 nitrogen and oxygen atoms in total. The van der Waals surface area contributed by atoms with Crippen LogP contribution in [0.4, 0.5) is 5.69 Å². The Morgan fingerprint density at radius 1 is 1.10 bits per heavy atom. The van der Waals surface area contributed by atoms with E-state index in [1.807, 2.05) is 30.3 Å². The molecule has 0 atom stereocenters. The zero-order chi connectivity index (χ0) is 22.1. The number of carbonyl (C=O) groups is 1. The van der Waals surface area contributed by atoms with Gasteiger partial charge < -0.3 is 24.9 Å². The zero-order valence-corrected chi connectivity index (χ0v) is 18.1. The third-order valence-electron chi connectivity index (χ3n) is 5.02. The van der Waals surface area contributed by atoms with Crippen molar-refractivity contribution in [3.8, 4) is 0 Å². The summed E-state index contributed by atoms with van der Waals surface area (Å²) in [4.78, 5) is 16.4. The maximum absolute atomic E-state index is 12.1. The Hall–Kier alpha value is -3.55. The fourth-order valence-corrected chi connectivity index (χ4v) is 3.25. The van der Waals surface area contributed by atoms with Gasteiger partial charge in [-0.05, 0) is 42.7 Å². The predicted octanol–water partition coefficient (Wildman–Crippen LogP) is 4.29.